The molecule has 0 fully saturated rings. The van der Waals surface area contributed by atoms with Gasteiger partial charge in [0.2, 0.25) is 0 Å². The van der Waals surface area contributed by atoms with Crippen LogP contribution < -0.4 is 0 Å². The number of azo groups is 1. The van der Waals surface area contributed by atoms with Gasteiger partial charge in [-0.2, -0.15) is 10.2 Å². The van der Waals surface area contributed by atoms with Gasteiger partial charge in [-0.25, -0.2) is 0 Å². The van der Waals surface area contributed by atoms with Gasteiger partial charge in [-0.3, -0.25) is 0 Å². The fourth-order valence-corrected chi connectivity index (χ4v) is 1.91. The lowest BCUT2D eigenvalue weighted by Gasteiger charge is -2.01. The maximum absolute atomic E-state index is 4.23. The fraction of sp³-hybridized carbons (Fsp3) is 0. The Labute approximate surface area is 118 Å². The van der Waals surface area contributed by atoms with Crippen LogP contribution in [0.25, 0.3) is 11.1 Å². The molecule has 0 saturated carbocycles. The molecule has 0 heterocycles. The molecule has 3 aromatic carbocycles. The van der Waals surface area contributed by atoms with Gasteiger partial charge in [0, 0.05) is 0 Å². The van der Waals surface area contributed by atoms with Crippen molar-refractivity contribution in [2.45, 2.75) is 0 Å². The van der Waals surface area contributed by atoms with Crippen molar-refractivity contribution < 1.29 is 0 Å². The monoisotopic (exact) mass is 257 g/mol. The molecule has 0 aliphatic rings. The lowest BCUT2D eigenvalue weighted by Crippen LogP contribution is -1.75. The number of hydrogen-bond acceptors (Lipinski definition) is 2. The second kappa shape index (κ2) is 5.93. The van der Waals surface area contributed by atoms with Crippen LogP contribution in [-0.4, -0.2) is 0 Å². The van der Waals surface area contributed by atoms with Gasteiger partial charge < -0.3 is 0 Å². The van der Waals surface area contributed by atoms with E-state index in [0.29, 0.717) is 0 Å². The highest BCUT2D eigenvalue weighted by Gasteiger charge is 1.96. The maximum Gasteiger partial charge on any atom is 0.0857 e. The largest absolute Gasteiger partial charge is 0.151 e. The second-order valence-electron chi connectivity index (χ2n) is 4.37. The number of nitrogens with zero attached hydrogens (tertiary/aromatic N) is 2. The topological polar surface area (TPSA) is 24.7 Å². The van der Waals surface area contributed by atoms with Crippen LogP contribution in [0.15, 0.2) is 89.1 Å². The van der Waals surface area contributed by atoms with Crippen LogP contribution in [-0.2, 0) is 0 Å². The summed E-state index contributed by atoms with van der Waals surface area (Å²) in [5.74, 6) is 0. The Morgan fingerprint density at radius 1 is 0.550 bits per heavy atom. The third-order valence-electron chi connectivity index (χ3n) is 2.96. The van der Waals surface area contributed by atoms with Crippen molar-refractivity contribution in [3.63, 3.8) is 0 Å². The molecular weight excluding hydrogens is 244 g/mol. The van der Waals surface area contributed by atoms with E-state index in [-0.39, 0.29) is 0 Å². The molecule has 1 radical (unpaired) electrons. The van der Waals surface area contributed by atoms with Gasteiger partial charge >= 0.3 is 0 Å². The van der Waals surface area contributed by atoms with Crippen LogP contribution in [0.3, 0.4) is 0 Å². The van der Waals surface area contributed by atoms with E-state index < -0.39 is 0 Å². The second-order valence-corrected chi connectivity index (χ2v) is 4.37. The molecule has 3 aromatic rings. The molecule has 0 unspecified atom stereocenters. The van der Waals surface area contributed by atoms with Gasteiger partial charge in [0.15, 0.2) is 0 Å². The molecule has 95 valence electrons. The van der Waals surface area contributed by atoms with E-state index in [1.165, 1.54) is 5.56 Å². The Kier molecular flexibility index (Phi) is 3.65. The Hall–Kier alpha value is -2.74. The number of benzene rings is 3. The molecule has 2 nitrogen and oxygen atoms in total. The molecule has 0 saturated heterocycles. The summed E-state index contributed by atoms with van der Waals surface area (Å²) in [4.78, 5) is 0. The molecular formula is C18H13N2. The first-order valence-electron chi connectivity index (χ1n) is 6.45. The van der Waals surface area contributed by atoms with Crippen molar-refractivity contribution in [3.05, 3.63) is 84.9 Å². The summed E-state index contributed by atoms with van der Waals surface area (Å²) in [6.45, 7) is 0. The summed E-state index contributed by atoms with van der Waals surface area (Å²) in [5, 5.41) is 8.43. The summed E-state index contributed by atoms with van der Waals surface area (Å²) in [5.41, 5.74) is 4.04. The van der Waals surface area contributed by atoms with Crippen molar-refractivity contribution in [1.82, 2.24) is 0 Å². The van der Waals surface area contributed by atoms with Gasteiger partial charge in [0.05, 0.1) is 11.4 Å². The summed E-state index contributed by atoms with van der Waals surface area (Å²) in [7, 11) is 0. The molecule has 0 atom stereocenters. The molecule has 0 aliphatic heterocycles. The van der Waals surface area contributed by atoms with Crippen molar-refractivity contribution in [2.24, 2.45) is 10.2 Å². The van der Waals surface area contributed by atoms with Gasteiger partial charge in [-0.15, -0.1) is 0 Å². The zero-order valence-electron chi connectivity index (χ0n) is 10.9. The minimum Gasteiger partial charge on any atom is -0.151 e. The average Bonchev–Trinajstić information content (AvgIpc) is 2.55. The molecule has 0 bridgehead atoms. The SMILES string of the molecule is [c]1ccc(-c2ccc(/N=N/c3ccccc3)cc2)cc1. The minimum absolute atomic E-state index is 0.847. The smallest absolute Gasteiger partial charge is 0.0857 e. The van der Waals surface area contributed by atoms with E-state index in [9.17, 15) is 0 Å². The zero-order valence-corrected chi connectivity index (χ0v) is 10.9. The van der Waals surface area contributed by atoms with Crippen molar-refractivity contribution in [1.29, 1.82) is 0 Å². The summed E-state index contributed by atoms with van der Waals surface area (Å²) < 4.78 is 0. The van der Waals surface area contributed by atoms with Crippen molar-refractivity contribution in [2.75, 3.05) is 0 Å². The molecule has 20 heavy (non-hydrogen) atoms. The van der Waals surface area contributed by atoms with Crippen LogP contribution >= 0.6 is 0 Å². The van der Waals surface area contributed by atoms with Crippen LogP contribution in [0.5, 0.6) is 0 Å². The predicted octanol–water partition coefficient (Wildman–Crippen LogP) is 5.57. The minimum atomic E-state index is 0.847. The molecule has 3 rings (SSSR count). The molecule has 0 aliphatic carbocycles. The molecule has 0 N–H and O–H groups in total. The maximum atomic E-state index is 4.23. The lowest BCUT2D eigenvalue weighted by atomic mass is 10.1. The van der Waals surface area contributed by atoms with Crippen LogP contribution in [0, 0.1) is 6.07 Å². The molecule has 2 heteroatoms. The van der Waals surface area contributed by atoms with Crippen molar-refractivity contribution in [3.8, 4) is 11.1 Å². The Morgan fingerprint density at radius 2 is 1.10 bits per heavy atom. The van der Waals surface area contributed by atoms with E-state index in [1.54, 1.807) is 0 Å². The Bertz CT molecular complexity index is 687. The highest BCUT2D eigenvalue weighted by Crippen LogP contribution is 2.23. The molecule has 0 spiro atoms. The third kappa shape index (κ3) is 2.98. The highest BCUT2D eigenvalue weighted by atomic mass is 15.1. The fourth-order valence-electron chi connectivity index (χ4n) is 1.91. The average molecular weight is 257 g/mol. The van der Waals surface area contributed by atoms with E-state index in [1.807, 2.05) is 66.7 Å². The van der Waals surface area contributed by atoms with Crippen LogP contribution in [0.1, 0.15) is 0 Å². The zero-order chi connectivity index (χ0) is 13.6. The van der Waals surface area contributed by atoms with Gasteiger partial charge in [-0.1, -0.05) is 54.6 Å². The lowest BCUT2D eigenvalue weighted by molar-refractivity contribution is 1.23. The third-order valence-corrected chi connectivity index (χ3v) is 2.96. The van der Waals surface area contributed by atoms with E-state index in [0.717, 1.165) is 16.9 Å². The first-order valence-corrected chi connectivity index (χ1v) is 6.45. The first-order chi connectivity index (χ1) is 9.92. The van der Waals surface area contributed by atoms with Crippen LogP contribution in [0.2, 0.25) is 0 Å². The Morgan fingerprint density at radius 3 is 1.75 bits per heavy atom. The van der Waals surface area contributed by atoms with E-state index in [4.69, 9.17) is 0 Å². The molecule has 0 aromatic heterocycles. The number of hydrogen-bond donors (Lipinski definition) is 0. The van der Waals surface area contributed by atoms with E-state index >= 15 is 0 Å². The van der Waals surface area contributed by atoms with Gasteiger partial charge in [-0.05, 0) is 41.5 Å². The highest BCUT2D eigenvalue weighted by molar-refractivity contribution is 5.65. The normalized spacial score (nSPS) is 10.8. The first kappa shape index (κ1) is 12.3. The predicted molar refractivity (Wildman–Crippen MR) is 81.3 cm³/mol. The van der Waals surface area contributed by atoms with Crippen LogP contribution in [0.4, 0.5) is 11.4 Å². The van der Waals surface area contributed by atoms with E-state index in [2.05, 4.69) is 28.4 Å². The molecule has 0 amide bonds. The number of rotatable bonds is 3. The van der Waals surface area contributed by atoms with Gasteiger partial charge in [0.1, 0.15) is 0 Å². The Balaban J connectivity index is 1.79. The standard InChI is InChI=1S/C18H13N2/c1-3-7-15(8-4-1)16-11-13-18(14-12-16)20-19-17-9-5-2-6-10-17/h2-14H/b20-19+. The summed E-state index contributed by atoms with van der Waals surface area (Å²) in [6.07, 6.45) is 0. The summed E-state index contributed by atoms with van der Waals surface area (Å²) >= 11 is 0. The summed E-state index contributed by atoms with van der Waals surface area (Å²) in [6, 6.07) is 28.7. The quantitative estimate of drug-likeness (QED) is 0.548. The van der Waals surface area contributed by atoms with Crippen molar-refractivity contribution >= 4 is 11.4 Å². The van der Waals surface area contributed by atoms with Gasteiger partial charge in [0.25, 0.3) is 0 Å².